The summed E-state index contributed by atoms with van der Waals surface area (Å²) >= 11 is 0. The molecule has 26 heavy (non-hydrogen) atoms. The van der Waals surface area contributed by atoms with E-state index in [1.54, 1.807) is 4.90 Å². The summed E-state index contributed by atoms with van der Waals surface area (Å²) in [4.78, 5) is 31.8. The number of piperazine rings is 1. The van der Waals surface area contributed by atoms with Crippen LogP contribution in [0.25, 0.3) is 10.9 Å². The van der Waals surface area contributed by atoms with Crippen molar-refractivity contribution in [3.63, 3.8) is 0 Å². The van der Waals surface area contributed by atoms with Gasteiger partial charge in [-0.2, -0.15) is 0 Å². The number of H-pyrrole nitrogens is 1. The zero-order valence-corrected chi connectivity index (χ0v) is 14.4. The van der Waals surface area contributed by atoms with Crippen LogP contribution in [0.5, 0.6) is 0 Å². The first-order valence-corrected chi connectivity index (χ1v) is 8.62. The summed E-state index contributed by atoms with van der Waals surface area (Å²) in [5.74, 6) is -0.857. The van der Waals surface area contributed by atoms with Gasteiger partial charge in [-0.05, 0) is 12.1 Å². The number of aliphatic hydroxyl groups excluding tert-OH is 1. The number of carbonyl (C=O) groups is 1. The number of aromatic amines is 1. The number of rotatable bonds is 6. The number of pyridine rings is 1. The molecule has 1 saturated heterocycles. The van der Waals surface area contributed by atoms with Gasteiger partial charge in [-0.1, -0.05) is 6.07 Å². The third-order valence-corrected chi connectivity index (χ3v) is 4.54. The van der Waals surface area contributed by atoms with Gasteiger partial charge in [0, 0.05) is 44.3 Å². The maximum atomic E-state index is 13.8. The van der Waals surface area contributed by atoms with Crippen LogP contribution in [0.2, 0.25) is 0 Å². The van der Waals surface area contributed by atoms with Gasteiger partial charge in [0.15, 0.2) is 0 Å². The van der Waals surface area contributed by atoms with Crippen LogP contribution in [-0.4, -0.2) is 78.3 Å². The number of hydrogen-bond donors (Lipinski definition) is 2. The number of halogens is 1. The van der Waals surface area contributed by atoms with Crippen molar-refractivity contribution in [3.05, 3.63) is 46.0 Å². The number of hydrogen-bond acceptors (Lipinski definition) is 5. The number of ether oxygens (including phenoxy) is 1. The molecule has 2 aromatic rings. The molecule has 3 rings (SSSR count). The average Bonchev–Trinajstić information content (AvgIpc) is 2.66. The van der Waals surface area contributed by atoms with Gasteiger partial charge < -0.3 is 19.7 Å². The lowest BCUT2D eigenvalue weighted by atomic mass is 10.1. The number of benzene rings is 1. The van der Waals surface area contributed by atoms with E-state index in [2.05, 4.69) is 9.88 Å². The summed E-state index contributed by atoms with van der Waals surface area (Å²) in [5, 5.41) is 8.86. The third-order valence-electron chi connectivity index (χ3n) is 4.54. The highest BCUT2D eigenvalue weighted by atomic mass is 19.1. The van der Waals surface area contributed by atoms with Crippen LogP contribution in [-0.2, 0) is 4.74 Å². The van der Waals surface area contributed by atoms with Crippen LogP contribution < -0.4 is 5.43 Å². The molecule has 1 aromatic heterocycles. The van der Waals surface area contributed by atoms with Gasteiger partial charge in [0.1, 0.15) is 11.4 Å². The highest BCUT2D eigenvalue weighted by molar-refractivity contribution is 5.97. The Bertz CT molecular complexity index is 831. The minimum absolute atomic E-state index is 0.00643. The molecule has 2 heterocycles. The number of aromatic nitrogens is 1. The first-order valence-electron chi connectivity index (χ1n) is 8.62. The van der Waals surface area contributed by atoms with Crippen molar-refractivity contribution in [2.75, 3.05) is 52.5 Å². The molecule has 1 fully saturated rings. The summed E-state index contributed by atoms with van der Waals surface area (Å²) in [6.07, 6.45) is 1.30. The molecule has 7 nitrogen and oxygen atoms in total. The third kappa shape index (κ3) is 3.92. The molecule has 0 saturated carbocycles. The van der Waals surface area contributed by atoms with Gasteiger partial charge in [-0.3, -0.25) is 14.5 Å². The molecule has 8 heteroatoms. The van der Waals surface area contributed by atoms with Crippen molar-refractivity contribution in [1.82, 2.24) is 14.8 Å². The maximum Gasteiger partial charge on any atom is 0.259 e. The van der Waals surface area contributed by atoms with E-state index in [1.807, 2.05) is 0 Å². The van der Waals surface area contributed by atoms with E-state index >= 15 is 0 Å². The van der Waals surface area contributed by atoms with E-state index in [-0.39, 0.29) is 29.0 Å². The van der Waals surface area contributed by atoms with E-state index in [0.29, 0.717) is 39.4 Å². The minimum Gasteiger partial charge on any atom is -0.394 e. The monoisotopic (exact) mass is 363 g/mol. The van der Waals surface area contributed by atoms with Gasteiger partial charge in [-0.25, -0.2) is 4.39 Å². The zero-order valence-electron chi connectivity index (χ0n) is 14.4. The quantitative estimate of drug-likeness (QED) is 0.727. The molecular formula is C18H22FN3O4. The molecule has 2 N–H and O–H groups in total. The van der Waals surface area contributed by atoms with Crippen LogP contribution in [0.1, 0.15) is 10.4 Å². The molecule has 0 aliphatic carbocycles. The second-order valence-electron chi connectivity index (χ2n) is 6.16. The van der Waals surface area contributed by atoms with Crippen LogP contribution in [0.15, 0.2) is 29.2 Å². The van der Waals surface area contributed by atoms with Crippen molar-refractivity contribution >= 4 is 16.8 Å². The number of aliphatic hydroxyl groups is 1. The van der Waals surface area contributed by atoms with Crippen LogP contribution in [0, 0.1) is 5.82 Å². The summed E-state index contributed by atoms with van der Waals surface area (Å²) in [6, 6.07) is 4.24. The lowest BCUT2D eigenvalue weighted by molar-refractivity contribution is 0.0486. The maximum absolute atomic E-state index is 13.8. The van der Waals surface area contributed by atoms with Gasteiger partial charge in [0.05, 0.1) is 25.3 Å². The van der Waals surface area contributed by atoms with E-state index in [9.17, 15) is 14.0 Å². The first-order chi connectivity index (χ1) is 12.6. The number of nitrogens with zero attached hydrogens (tertiary/aromatic N) is 2. The fourth-order valence-corrected chi connectivity index (χ4v) is 3.08. The summed E-state index contributed by atoms with van der Waals surface area (Å²) in [5.41, 5.74) is -0.312. The molecule has 140 valence electrons. The highest BCUT2D eigenvalue weighted by Crippen LogP contribution is 2.13. The standard InChI is InChI=1S/C18H22FN3O4/c19-15-3-1-2-13-16(15)20-12-14(17(13)24)18(25)22-6-4-21(5-7-22)8-10-26-11-9-23/h1-3,12,23H,4-11H2,(H,20,24). The topological polar surface area (TPSA) is 85.9 Å². The number of amides is 1. The van der Waals surface area contributed by atoms with Crippen molar-refractivity contribution in [1.29, 1.82) is 0 Å². The van der Waals surface area contributed by atoms with E-state index in [0.717, 1.165) is 6.54 Å². The molecule has 1 aromatic carbocycles. The van der Waals surface area contributed by atoms with Gasteiger partial charge in [-0.15, -0.1) is 0 Å². The van der Waals surface area contributed by atoms with E-state index in [4.69, 9.17) is 9.84 Å². The van der Waals surface area contributed by atoms with Gasteiger partial charge in [0.25, 0.3) is 5.91 Å². The van der Waals surface area contributed by atoms with Gasteiger partial charge >= 0.3 is 0 Å². The molecule has 0 spiro atoms. The predicted molar refractivity (Wildman–Crippen MR) is 94.8 cm³/mol. The van der Waals surface area contributed by atoms with Crippen molar-refractivity contribution in [3.8, 4) is 0 Å². The molecule has 1 aliphatic heterocycles. The number of fused-ring (bicyclic) bond motifs is 1. The number of nitrogens with one attached hydrogen (secondary N) is 1. The molecule has 1 amide bonds. The number of carbonyl (C=O) groups excluding carboxylic acids is 1. The molecule has 0 bridgehead atoms. The van der Waals surface area contributed by atoms with E-state index in [1.165, 1.54) is 24.4 Å². The normalized spacial score (nSPS) is 15.5. The van der Waals surface area contributed by atoms with Crippen molar-refractivity contribution < 1.29 is 19.0 Å². The largest absolute Gasteiger partial charge is 0.394 e. The molecule has 0 unspecified atom stereocenters. The second-order valence-corrected chi connectivity index (χ2v) is 6.16. The summed E-state index contributed by atoms with van der Waals surface area (Å²) in [6.45, 7) is 4.00. The Kier molecular flexibility index (Phi) is 5.97. The van der Waals surface area contributed by atoms with Gasteiger partial charge in [0.2, 0.25) is 5.43 Å². The van der Waals surface area contributed by atoms with Crippen molar-refractivity contribution in [2.45, 2.75) is 0 Å². The summed E-state index contributed by atoms with van der Waals surface area (Å²) in [7, 11) is 0. The average molecular weight is 363 g/mol. The lowest BCUT2D eigenvalue weighted by Gasteiger charge is -2.34. The Morgan fingerprint density at radius 1 is 1.23 bits per heavy atom. The Morgan fingerprint density at radius 2 is 2.00 bits per heavy atom. The Hall–Kier alpha value is -2.29. The van der Waals surface area contributed by atoms with Crippen LogP contribution in [0.4, 0.5) is 4.39 Å². The van der Waals surface area contributed by atoms with Crippen LogP contribution in [0.3, 0.4) is 0 Å². The second kappa shape index (κ2) is 8.39. The fourth-order valence-electron chi connectivity index (χ4n) is 3.08. The minimum atomic E-state index is -0.518. The molecule has 1 aliphatic rings. The molecular weight excluding hydrogens is 341 g/mol. The SMILES string of the molecule is O=C(c1c[nH]c2c(F)cccc2c1=O)N1CCN(CCOCCO)CC1. The smallest absolute Gasteiger partial charge is 0.259 e. The lowest BCUT2D eigenvalue weighted by Crippen LogP contribution is -2.50. The Labute approximate surface area is 150 Å². The number of para-hydroxylation sites is 1. The zero-order chi connectivity index (χ0) is 18.5. The van der Waals surface area contributed by atoms with E-state index < -0.39 is 11.2 Å². The Morgan fingerprint density at radius 3 is 2.73 bits per heavy atom. The first kappa shape index (κ1) is 18.5. The Balaban J connectivity index is 1.65. The fraction of sp³-hybridized carbons (Fsp3) is 0.444. The highest BCUT2D eigenvalue weighted by Gasteiger charge is 2.24. The van der Waals surface area contributed by atoms with Crippen molar-refractivity contribution in [2.24, 2.45) is 0 Å². The molecule has 0 radical (unpaired) electrons. The summed E-state index contributed by atoms with van der Waals surface area (Å²) < 4.78 is 19.0. The predicted octanol–water partition coefficient (Wildman–Crippen LogP) is 0.434. The molecule has 0 atom stereocenters. The van der Waals surface area contributed by atoms with Crippen LogP contribution >= 0.6 is 0 Å².